The normalized spacial score (nSPS) is 19.0. The second kappa shape index (κ2) is 10.4. The van der Waals surface area contributed by atoms with Gasteiger partial charge in [0.25, 0.3) is 5.91 Å². The molecule has 0 aliphatic carbocycles. The fourth-order valence-corrected chi connectivity index (χ4v) is 2.79. The number of rotatable bonds is 9. The average Bonchev–Trinajstić information content (AvgIpc) is 2.64. The summed E-state index contributed by atoms with van der Waals surface area (Å²) < 4.78 is 16.6. The van der Waals surface area contributed by atoms with Gasteiger partial charge in [-0.05, 0) is 31.7 Å². The molecule has 2 atom stereocenters. The van der Waals surface area contributed by atoms with Gasteiger partial charge in [0.15, 0.2) is 0 Å². The van der Waals surface area contributed by atoms with Crippen molar-refractivity contribution in [3.05, 3.63) is 35.9 Å². The first kappa shape index (κ1) is 18.9. The lowest BCUT2D eigenvalue weighted by Gasteiger charge is -2.28. The van der Waals surface area contributed by atoms with Crippen molar-refractivity contribution >= 4 is 5.91 Å². The van der Waals surface area contributed by atoms with E-state index in [2.05, 4.69) is 0 Å². The molecule has 0 N–H and O–H groups in total. The highest BCUT2D eigenvalue weighted by molar-refractivity contribution is 5.80. The van der Waals surface area contributed by atoms with E-state index in [1.807, 2.05) is 37.3 Å². The first-order valence-corrected chi connectivity index (χ1v) is 8.75. The van der Waals surface area contributed by atoms with Crippen LogP contribution in [-0.4, -0.2) is 56.5 Å². The van der Waals surface area contributed by atoms with Crippen LogP contribution in [-0.2, 0) is 25.5 Å². The van der Waals surface area contributed by atoms with Gasteiger partial charge < -0.3 is 19.1 Å². The van der Waals surface area contributed by atoms with Crippen LogP contribution in [0.5, 0.6) is 0 Å². The van der Waals surface area contributed by atoms with Crippen LogP contribution in [0.3, 0.4) is 0 Å². The molecule has 0 aromatic heterocycles. The molecular weight excluding hydrogens is 306 g/mol. The summed E-state index contributed by atoms with van der Waals surface area (Å²) in [5.41, 5.74) is 1.10. The minimum atomic E-state index is -0.476. The van der Waals surface area contributed by atoms with Crippen molar-refractivity contribution in [2.24, 2.45) is 0 Å². The van der Waals surface area contributed by atoms with Crippen LogP contribution in [0.4, 0.5) is 0 Å². The molecule has 0 bridgehead atoms. The van der Waals surface area contributed by atoms with Crippen molar-refractivity contribution < 1.29 is 19.0 Å². The van der Waals surface area contributed by atoms with Crippen LogP contribution in [0.1, 0.15) is 31.7 Å². The summed E-state index contributed by atoms with van der Waals surface area (Å²) in [7, 11) is 1.64. The van der Waals surface area contributed by atoms with E-state index < -0.39 is 6.10 Å². The smallest absolute Gasteiger partial charge is 0.251 e. The molecule has 5 heteroatoms. The van der Waals surface area contributed by atoms with Crippen molar-refractivity contribution in [1.29, 1.82) is 0 Å². The summed E-state index contributed by atoms with van der Waals surface area (Å²) in [6, 6.07) is 9.98. The predicted octanol–water partition coefficient (Wildman–Crippen LogP) is 2.64. The fraction of sp³-hybridized carbons (Fsp3) is 0.632. The summed E-state index contributed by atoms with van der Waals surface area (Å²) in [4.78, 5) is 14.5. The minimum absolute atomic E-state index is 0.00767. The molecule has 1 aliphatic rings. The van der Waals surface area contributed by atoms with E-state index in [4.69, 9.17) is 14.2 Å². The molecule has 1 aromatic carbocycles. The summed E-state index contributed by atoms with van der Waals surface area (Å²) >= 11 is 0. The SMILES string of the molecule is COCCN(Cc1ccccc1)C(=O)[C@@H](C)OC[C@H]1CCCCO1. The average molecular weight is 335 g/mol. The van der Waals surface area contributed by atoms with Crippen LogP contribution in [0.15, 0.2) is 30.3 Å². The lowest BCUT2D eigenvalue weighted by Crippen LogP contribution is -2.41. The molecule has 0 unspecified atom stereocenters. The highest BCUT2D eigenvalue weighted by Crippen LogP contribution is 2.14. The van der Waals surface area contributed by atoms with E-state index in [0.29, 0.717) is 26.3 Å². The Morgan fingerprint density at radius 2 is 2.12 bits per heavy atom. The van der Waals surface area contributed by atoms with Crippen molar-refractivity contribution in [1.82, 2.24) is 4.90 Å². The molecule has 134 valence electrons. The van der Waals surface area contributed by atoms with E-state index in [1.54, 1.807) is 12.0 Å². The molecule has 5 nitrogen and oxygen atoms in total. The first-order chi connectivity index (χ1) is 11.7. The van der Waals surface area contributed by atoms with Gasteiger partial charge in [0.1, 0.15) is 6.10 Å². The van der Waals surface area contributed by atoms with Crippen LogP contribution < -0.4 is 0 Å². The monoisotopic (exact) mass is 335 g/mol. The van der Waals surface area contributed by atoms with Crippen molar-refractivity contribution in [3.8, 4) is 0 Å². The molecule has 0 spiro atoms. The quantitative estimate of drug-likeness (QED) is 0.696. The lowest BCUT2D eigenvalue weighted by atomic mass is 10.1. The Balaban J connectivity index is 1.87. The number of hydrogen-bond donors (Lipinski definition) is 0. The zero-order chi connectivity index (χ0) is 17.2. The van der Waals surface area contributed by atoms with Crippen LogP contribution >= 0.6 is 0 Å². The van der Waals surface area contributed by atoms with Gasteiger partial charge >= 0.3 is 0 Å². The number of carbonyl (C=O) groups is 1. The summed E-state index contributed by atoms with van der Waals surface area (Å²) in [5.74, 6) is -0.00767. The van der Waals surface area contributed by atoms with E-state index in [9.17, 15) is 4.79 Å². The zero-order valence-electron chi connectivity index (χ0n) is 14.8. The maximum atomic E-state index is 12.7. The molecule has 0 saturated carbocycles. The second-order valence-electron chi connectivity index (χ2n) is 6.20. The van der Waals surface area contributed by atoms with Crippen LogP contribution in [0.2, 0.25) is 0 Å². The van der Waals surface area contributed by atoms with E-state index in [0.717, 1.165) is 25.0 Å². The molecule has 0 radical (unpaired) electrons. The molecule has 1 heterocycles. The van der Waals surface area contributed by atoms with Crippen LogP contribution in [0.25, 0.3) is 0 Å². The Morgan fingerprint density at radius 3 is 2.79 bits per heavy atom. The molecule has 1 aromatic rings. The molecule has 1 aliphatic heterocycles. The van der Waals surface area contributed by atoms with E-state index in [1.165, 1.54) is 6.42 Å². The largest absolute Gasteiger partial charge is 0.383 e. The van der Waals surface area contributed by atoms with Gasteiger partial charge in [-0.25, -0.2) is 0 Å². The molecule has 1 amide bonds. The van der Waals surface area contributed by atoms with Gasteiger partial charge in [0.2, 0.25) is 0 Å². The highest BCUT2D eigenvalue weighted by atomic mass is 16.5. The fourth-order valence-electron chi connectivity index (χ4n) is 2.79. The second-order valence-corrected chi connectivity index (χ2v) is 6.20. The Labute approximate surface area is 144 Å². The first-order valence-electron chi connectivity index (χ1n) is 8.75. The topological polar surface area (TPSA) is 48.0 Å². The standard InChI is InChI=1S/C19H29NO4/c1-16(24-15-18-10-6-7-12-23-18)19(21)20(11-13-22-2)14-17-8-4-3-5-9-17/h3-5,8-9,16,18H,6-7,10-15H2,1-2H3/t16-,18-/m1/s1. The van der Waals surface area contributed by atoms with Gasteiger partial charge in [-0.3, -0.25) is 4.79 Å². The molecule has 2 rings (SSSR count). The van der Waals surface area contributed by atoms with Gasteiger partial charge in [0.05, 0.1) is 19.3 Å². The molecule has 1 fully saturated rings. The maximum absolute atomic E-state index is 12.7. The number of ether oxygens (including phenoxy) is 3. The third-order valence-electron chi connectivity index (χ3n) is 4.25. The Kier molecular flexibility index (Phi) is 8.22. The van der Waals surface area contributed by atoms with Gasteiger partial charge in [-0.15, -0.1) is 0 Å². The number of hydrogen-bond acceptors (Lipinski definition) is 4. The van der Waals surface area contributed by atoms with Gasteiger partial charge in [-0.2, -0.15) is 0 Å². The number of methoxy groups -OCH3 is 1. The Morgan fingerprint density at radius 1 is 1.33 bits per heavy atom. The highest BCUT2D eigenvalue weighted by Gasteiger charge is 2.23. The van der Waals surface area contributed by atoms with Crippen LogP contribution in [0, 0.1) is 0 Å². The third kappa shape index (κ3) is 6.23. The molecule has 1 saturated heterocycles. The van der Waals surface area contributed by atoms with E-state index in [-0.39, 0.29) is 12.0 Å². The molecule has 24 heavy (non-hydrogen) atoms. The summed E-state index contributed by atoms with van der Waals surface area (Å²) in [5, 5.41) is 0. The zero-order valence-corrected chi connectivity index (χ0v) is 14.8. The van der Waals surface area contributed by atoms with Crippen molar-refractivity contribution in [2.45, 2.75) is 44.9 Å². The van der Waals surface area contributed by atoms with Crippen molar-refractivity contribution in [3.63, 3.8) is 0 Å². The number of amides is 1. The summed E-state index contributed by atoms with van der Waals surface area (Å²) in [6.07, 6.45) is 2.95. The van der Waals surface area contributed by atoms with Gasteiger partial charge in [0, 0.05) is 26.8 Å². The third-order valence-corrected chi connectivity index (χ3v) is 4.25. The molecular formula is C19H29NO4. The maximum Gasteiger partial charge on any atom is 0.251 e. The van der Waals surface area contributed by atoms with Crippen molar-refractivity contribution in [2.75, 3.05) is 33.5 Å². The Hall–Kier alpha value is -1.43. The Bertz CT molecular complexity index is 474. The lowest BCUT2D eigenvalue weighted by molar-refractivity contribution is -0.147. The predicted molar refractivity (Wildman–Crippen MR) is 92.7 cm³/mol. The van der Waals surface area contributed by atoms with E-state index >= 15 is 0 Å². The summed E-state index contributed by atoms with van der Waals surface area (Å²) in [6.45, 7) is 4.72. The minimum Gasteiger partial charge on any atom is -0.383 e. The van der Waals surface area contributed by atoms with Gasteiger partial charge in [-0.1, -0.05) is 30.3 Å². The number of nitrogens with zero attached hydrogens (tertiary/aromatic N) is 1. The number of carbonyl (C=O) groups excluding carboxylic acids is 1. The number of benzene rings is 1.